The number of hydrogen-bond donors (Lipinski definition) is 2. The Bertz CT molecular complexity index is 985. The maximum absolute atomic E-state index is 12.6. The Morgan fingerprint density at radius 1 is 1.14 bits per heavy atom. The largest absolute Gasteiger partial charge is 0.436 e. The van der Waals surface area contributed by atoms with Crippen LogP contribution in [0.2, 0.25) is 0 Å². The van der Waals surface area contributed by atoms with Gasteiger partial charge in [0.2, 0.25) is 11.8 Å². The molecule has 7 heteroatoms. The number of anilines is 1. The second kappa shape index (κ2) is 8.05. The van der Waals surface area contributed by atoms with E-state index in [0.717, 1.165) is 16.7 Å². The number of aromatic nitrogens is 1. The van der Waals surface area contributed by atoms with Crippen LogP contribution in [0.25, 0.3) is 22.6 Å². The number of fused-ring (bicyclic) bond motifs is 1. The van der Waals surface area contributed by atoms with Crippen molar-refractivity contribution >= 4 is 28.6 Å². The molecule has 1 saturated heterocycles. The summed E-state index contributed by atoms with van der Waals surface area (Å²) in [6, 6.07) is 15.0. The number of para-hydroxylation sites is 2. The topological polar surface area (TPSA) is 95.7 Å². The van der Waals surface area contributed by atoms with Crippen molar-refractivity contribution in [2.24, 2.45) is 5.92 Å². The lowest BCUT2D eigenvalue weighted by molar-refractivity contribution is -0.141. The number of aliphatic hydroxyl groups is 1. The summed E-state index contributed by atoms with van der Waals surface area (Å²) in [4.78, 5) is 30.5. The molecular formula is C22H23N3O4. The number of oxazole rings is 1. The molecule has 1 aliphatic heterocycles. The van der Waals surface area contributed by atoms with E-state index in [1.165, 1.54) is 6.92 Å². The van der Waals surface area contributed by atoms with Crippen molar-refractivity contribution in [1.29, 1.82) is 0 Å². The van der Waals surface area contributed by atoms with E-state index >= 15 is 0 Å². The van der Waals surface area contributed by atoms with E-state index < -0.39 is 6.10 Å². The fourth-order valence-electron chi connectivity index (χ4n) is 3.56. The molecule has 4 rings (SSSR count). The van der Waals surface area contributed by atoms with Gasteiger partial charge in [-0.05, 0) is 56.2 Å². The van der Waals surface area contributed by atoms with E-state index in [9.17, 15) is 14.7 Å². The molecule has 2 amide bonds. The number of carbonyl (C=O) groups excluding carboxylic acids is 2. The lowest BCUT2D eigenvalue weighted by atomic mass is 9.95. The molecule has 0 radical (unpaired) electrons. The molecule has 0 bridgehead atoms. The van der Waals surface area contributed by atoms with Gasteiger partial charge in [0.25, 0.3) is 5.91 Å². The third-order valence-electron chi connectivity index (χ3n) is 5.23. The summed E-state index contributed by atoms with van der Waals surface area (Å²) in [6.45, 7) is 2.43. The molecular weight excluding hydrogens is 370 g/mol. The zero-order valence-electron chi connectivity index (χ0n) is 16.2. The van der Waals surface area contributed by atoms with Gasteiger partial charge in [0.1, 0.15) is 11.6 Å². The summed E-state index contributed by atoms with van der Waals surface area (Å²) in [7, 11) is 0. The van der Waals surface area contributed by atoms with Crippen molar-refractivity contribution < 1.29 is 19.1 Å². The summed E-state index contributed by atoms with van der Waals surface area (Å²) < 4.78 is 5.77. The standard InChI is InChI=1S/C22H23N3O4/c1-14(26)22(28)25-12-10-15(11-13-25)20(27)23-17-8-6-16(7-9-17)21-24-18-4-2-3-5-19(18)29-21/h2-9,14-15,26H,10-13H2,1H3,(H,23,27)/t14-/m0/s1. The number of aliphatic hydroxyl groups excluding tert-OH is 1. The van der Waals surface area contributed by atoms with Crippen LogP contribution in [0.3, 0.4) is 0 Å². The smallest absolute Gasteiger partial charge is 0.251 e. The van der Waals surface area contributed by atoms with Gasteiger partial charge >= 0.3 is 0 Å². The molecule has 0 unspecified atom stereocenters. The van der Waals surface area contributed by atoms with Crippen LogP contribution in [0, 0.1) is 5.92 Å². The first-order valence-corrected chi connectivity index (χ1v) is 9.75. The molecule has 2 heterocycles. The quantitative estimate of drug-likeness (QED) is 0.710. The van der Waals surface area contributed by atoms with Gasteiger partial charge in [-0.2, -0.15) is 0 Å². The lowest BCUT2D eigenvalue weighted by Crippen LogP contribution is -2.44. The van der Waals surface area contributed by atoms with Crippen molar-refractivity contribution in [2.75, 3.05) is 18.4 Å². The Morgan fingerprint density at radius 2 is 1.83 bits per heavy atom. The molecule has 1 atom stereocenters. The SMILES string of the molecule is C[C@H](O)C(=O)N1CCC(C(=O)Nc2ccc(-c3nc4ccccc4o3)cc2)CC1. The number of likely N-dealkylation sites (tertiary alicyclic amines) is 1. The second-order valence-corrected chi connectivity index (χ2v) is 7.33. The number of carbonyl (C=O) groups is 2. The van der Waals surface area contributed by atoms with Gasteiger partial charge in [-0.25, -0.2) is 4.98 Å². The van der Waals surface area contributed by atoms with E-state index in [1.807, 2.05) is 48.5 Å². The average Bonchev–Trinajstić information content (AvgIpc) is 3.18. The zero-order chi connectivity index (χ0) is 20.4. The van der Waals surface area contributed by atoms with Gasteiger partial charge < -0.3 is 19.7 Å². The summed E-state index contributed by atoms with van der Waals surface area (Å²) in [5.41, 5.74) is 3.09. The summed E-state index contributed by atoms with van der Waals surface area (Å²) >= 11 is 0. The highest BCUT2D eigenvalue weighted by atomic mass is 16.3. The van der Waals surface area contributed by atoms with Crippen molar-refractivity contribution in [1.82, 2.24) is 9.88 Å². The molecule has 7 nitrogen and oxygen atoms in total. The number of benzene rings is 2. The fraction of sp³-hybridized carbons (Fsp3) is 0.318. The predicted octanol–water partition coefficient (Wildman–Crippen LogP) is 3.05. The maximum Gasteiger partial charge on any atom is 0.251 e. The number of nitrogens with one attached hydrogen (secondary N) is 1. The molecule has 2 N–H and O–H groups in total. The number of hydrogen-bond acceptors (Lipinski definition) is 5. The van der Waals surface area contributed by atoms with Gasteiger partial charge in [0.15, 0.2) is 5.58 Å². The minimum atomic E-state index is -1.000. The zero-order valence-corrected chi connectivity index (χ0v) is 16.2. The van der Waals surface area contributed by atoms with Crippen LogP contribution in [0.4, 0.5) is 5.69 Å². The molecule has 1 aliphatic rings. The van der Waals surface area contributed by atoms with Gasteiger partial charge in [-0.3, -0.25) is 9.59 Å². The van der Waals surface area contributed by atoms with E-state index in [1.54, 1.807) is 4.90 Å². The Labute approximate surface area is 168 Å². The number of nitrogens with zero attached hydrogens (tertiary/aromatic N) is 2. The molecule has 1 fully saturated rings. The van der Waals surface area contributed by atoms with Crippen molar-refractivity contribution in [3.05, 3.63) is 48.5 Å². The van der Waals surface area contributed by atoms with E-state index in [2.05, 4.69) is 10.3 Å². The van der Waals surface area contributed by atoms with Crippen LogP contribution >= 0.6 is 0 Å². The number of amides is 2. The summed E-state index contributed by atoms with van der Waals surface area (Å²) in [5, 5.41) is 12.3. The van der Waals surface area contributed by atoms with E-state index in [-0.39, 0.29) is 17.7 Å². The minimum Gasteiger partial charge on any atom is -0.436 e. The number of rotatable bonds is 4. The highest BCUT2D eigenvalue weighted by Gasteiger charge is 2.28. The maximum atomic E-state index is 12.6. The monoisotopic (exact) mass is 393 g/mol. The Hall–Kier alpha value is -3.19. The molecule has 2 aromatic carbocycles. The molecule has 3 aromatic rings. The average molecular weight is 393 g/mol. The second-order valence-electron chi connectivity index (χ2n) is 7.33. The minimum absolute atomic E-state index is 0.0521. The van der Waals surface area contributed by atoms with Crippen LogP contribution in [0.5, 0.6) is 0 Å². The first kappa shape index (κ1) is 19.1. The van der Waals surface area contributed by atoms with Crippen LogP contribution in [-0.2, 0) is 9.59 Å². The lowest BCUT2D eigenvalue weighted by Gasteiger charge is -2.32. The Kier molecular flexibility index (Phi) is 5.31. The van der Waals surface area contributed by atoms with Gasteiger partial charge in [0, 0.05) is 30.3 Å². The van der Waals surface area contributed by atoms with Crippen molar-refractivity contribution in [3.63, 3.8) is 0 Å². The first-order valence-electron chi connectivity index (χ1n) is 9.75. The third kappa shape index (κ3) is 4.14. The normalized spacial score (nSPS) is 16.0. The van der Waals surface area contributed by atoms with Crippen LogP contribution < -0.4 is 5.32 Å². The molecule has 0 aliphatic carbocycles. The molecule has 0 spiro atoms. The third-order valence-corrected chi connectivity index (χ3v) is 5.23. The highest BCUT2D eigenvalue weighted by Crippen LogP contribution is 2.26. The van der Waals surface area contributed by atoms with Crippen molar-refractivity contribution in [2.45, 2.75) is 25.9 Å². The first-order chi connectivity index (χ1) is 14.0. The molecule has 1 aromatic heterocycles. The Balaban J connectivity index is 1.36. The Morgan fingerprint density at radius 3 is 2.48 bits per heavy atom. The predicted molar refractivity (Wildman–Crippen MR) is 109 cm³/mol. The van der Waals surface area contributed by atoms with E-state index in [0.29, 0.717) is 37.5 Å². The van der Waals surface area contributed by atoms with Gasteiger partial charge in [-0.15, -0.1) is 0 Å². The van der Waals surface area contributed by atoms with Crippen LogP contribution in [-0.4, -0.2) is 46.0 Å². The summed E-state index contributed by atoms with van der Waals surface area (Å²) in [5.74, 6) is 0.0615. The molecule has 0 saturated carbocycles. The van der Waals surface area contributed by atoms with Crippen LogP contribution in [0.15, 0.2) is 52.9 Å². The van der Waals surface area contributed by atoms with Crippen molar-refractivity contribution in [3.8, 4) is 11.5 Å². The highest BCUT2D eigenvalue weighted by molar-refractivity contribution is 5.93. The van der Waals surface area contributed by atoms with Gasteiger partial charge in [0.05, 0.1) is 0 Å². The molecule has 150 valence electrons. The van der Waals surface area contributed by atoms with Gasteiger partial charge in [-0.1, -0.05) is 12.1 Å². The fourth-order valence-corrected chi connectivity index (χ4v) is 3.56. The summed E-state index contributed by atoms with van der Waals surface area (Å²) in [6.07, 6.45) is 0.177. The number of piperidine rings is 1. The van der Waals surface area contributed by atoms with Crippen LogP contribution in [0.1, 0.15) is 19.8 Å². The van der Waals surface area contributed by atoms with E-state index in [4.69, 9.17) is 4.42 Å². The molecule has 29 heavy (non-hydrogen) atoms.